The van der Waals surface area contributed by atoms with Gasteiger partial charge in [0.25, 0.3) is 0 Å². The molecule has 32 heavy (non-hydrogen) atoms. The van der Waals surface area contributed by atoms with Crippen LogP contribution >= 0.6 is 24.0 Å². The fraction of sp³-hybridized carbons (Fsp3) is 0.435. The monoisotopic (exact) mass is 560 g/mol. The lowest BCUT2D eigenvalue weighted by Gasteiger charge is -2.21. The molecule has 2 N–H and O–H groups in total. The predicted molar refractivity (Wildman–Crippen MR) is 135 cm³/mol. The number of ether oxygens (including phenoxy) is 2. The van der Waals surface area contributed by atoms with Gasteiger partial charge in [0.05, 0.1) is 14.2 Å². The second kappa shape index (κ2) is 12.7. The summed E-state index contributed by atoms with van der Waals surface area (Å²) in [6, 6.07) is 9.96. The van der Waals surface area contributed by atoms with Crippen molar-refractivity contribution in [3.63, 3.8) is 0 Å². The van der Waals surface area contributed by atoms with Crippen molar-refractivity contribution in [1.82, 2.24) is 10.6 Å². The number of rotatable bonds is 8. The highest BCUT2D eigenvalue weighted by Crippen LogP contribution is 2.28. The molecule has 0 aliphatic carbocycles. The van der Waals surface area contributed by atoms with E-state index in [9.17, 15) is 8.78 Å². The first-order valence-corrected chi connectivity index (χ1v) is 10.4. The summed E-state index contributed by atoms with van der Waals surface area (Å²) >= 11 is 0. The Hall–Kier alpha value is -2.30. The van der Waals surface area contributed by atoms with Gasteiger partial charge in [0.15, 0.2) is 17.5 Å². The van der Waals surface area contributed by atoms with Crippen molar-refractivity contribution in [3.05, 3.63) is 53.6 Å². The van der Waals surface area contributed by atoms with Gasteiger partial charge in [-0.1, -0.05) is 12.1 Å². The minimum Gasteiger partial charge on any atom is -0.493 e. The topological polar surface area (TPSA) is 58.1 Å². The van der Waals surface area contributed by atoms with Crippen molar-refractivity contribution >= 4 is 35.6 Å². The van der Waals surface area contributed by atoms with Gasteiger partial charge < -0.3 is 25.0 Å². The van der Waals surface area contributed by atoms with Gasteiger partial charge >= 0.3 is 0 Å². The number of nitrogens with zero attached hydrogens (tertiary/aromatic N) is 2. The van der Waals surface area contributed by atoms with Crippen molar-refractivity contribution in [2.45, 2.75) is 25.3 Å². The number of methoxy groups -OCH3 is 2. The summed E-state index contributed by atoms with van der Waals surface area (Å²) < 4.78 is 38.7. The lowest BCUT2D eigenvalue weighted by molar-refractivity contribution is 0.354. The first-order valence-electron chi connectivity index (χ1n) is 10.4. The molecule has 1 heterocycles. The van der Waals surface area contributed by atoms with Crippen LogP contribution in [-0.2, 0) is 6.42 Å². The van der Waals surface area contributed by atoms with Crippen molar-refractivity contribution in [3.8, 4) is 11.5 Å². The number of anilines is 1. The molecular weight excluding hydrogens is 529 g/mol. The van der Waals surface area contributed by atoms with Gasteiger partial charge in [0.2, 0.25) is 0 Å². The Balaban J connectivity index is 0.00000363. The molecule has 1 saturated heterocycles. The maximum atomic E-state index is 14.0. The number of halogens is 3. The largest absolute Gasteiger partial charge is 0.493 e. The molecule has 9 heteroatoms. The van der Waals surface area contributed by atoms with E-state index in [1.165, 1.54) is 23.8 Å². The van der Waals surface area contributed by atoms with E-state index in [-0.39, 0.29) is 35.7 Å². The molecule has 3 rings (SSSR count). The third-order valence-corrected chi connectivity index (χ3v) is 5.39. The predicted octanol–water partition coefficient (Wildman–Crippen LogP) is 3.98. The van der Waals surface area contributed by atoms with Crippen LogP contribution in [0, 0.1) is 11.6 Å². The molecule has 0 radical (unpaired) electrons. The second-order valence-corrected chi connectivity index (χ2v) is 7.44. The Labute approximate surface area is 205 Å². The number of aliphatic imine (C=N–C) groups is 1. The van der Waals surface area contributed by atoms with Crippen LogP contribution in [0.2, 0.25) is 0 Å². The minimum absolute atomic E-state index is 0. The molecule has 0 amide bonds. The van der Waals surface area contributed by atoms with E-state index >= 15 is 0 Å². The molecule has 1 atom stereocenters. The highest BCUT2D eigenvalue weighted by molar-refractivity contribution is 14.0. The number of hydrogen-bond acceptors (Lipinski definition) is 4. The van der Waals surface area contributed by atoms with E-state index < -0.39 is 11.6 Å². The van der Waals surface area contributed by atoms with Gasteiger partial charge in [-0.25, -0.2) is 8.78 Å². The van der Waals surface area contributed by atoms with Crippen LogP contribution in [0.25, 0.3) is 0 Å². The third-order valence-electron chi connectivity index (χ3n) is 5.39. The number of nitrogens with one attached hydrogen (secondary N) is 2. The molecular formula is C23H31F2IN4O2. The van der Waals surface area contributed by atoms with Crippen molar-refractivity contribution in [1.29, 1.82) is 0 Å². The number of guanidine groups is 1. The fourth-order valence-electron chi connectivity index (χ4n) is 3.80. The second-order valence-electron chi connectivity index (χ2n) is 7.44. The Kier molecular flexibility index (Phi) is 10.3. The Morgan fingerprint density at radius 1 is 1.12 bits per heavy atom. The number of aryl methyl sites for hydroxylation is 1. The summed E-state index contributed by atoms with van der Waals surface area (Å²) in [6.45, 7) is 1.85. The number of hydrogen-bond donors (Lipinski definition) is 2. The highest BCUT2D eigenvalue weighted by atomic mass is 127. The van der Waals surface area contributed by atoms with Crippen LogP contribution in [0.3, 0.4) is 0 Å². The van der Waals surface area contributed by atoms with Crippen molar-refractivity contribution in [2.75, 3.05) is 45.8 Å². The van der Waals surface area contributed by atoms with Crippen molar-refractivity contribution < 1.29 is 18.3 Å². The Morgan fingerprint density at radius 3 is 2.50 bits per heavy atom. The minimum atomic E-state index is -0.529. The molecule has 2 aromatic rings. The van der Waals surface area contributed by atoms with Gasteiger partial charge in [0.1, 0.15) is 17.3 Å². The van der Waals surface area contributed by atoms with E-state index in [2.05, 4.69) is 15.6 Å². The van der Waals surface area contributed by atoms with Crippen LogP contribution in [0.4, 0.5) is 14.5 Å². The molecule has 1 aliphatic heterocycles. The van der Waals surface area contributed by atoms with Crippen LogP contribution in [0.15, 0.2) is 41.4 Å². The summed E-state index contributed by atoms with van der Waals surface area (Å²) in [5.41, 5.74) is 1.21. The fourth-order valence-corrected chi connectivity index (χ4v) is 3.80. The molecule has 2 aromatic carbocycles. The van der Waals surface area contributed by atoms with Crippen molar-refractivity contribution in [2.24, 2.45) is 4.99 Å². The summed E-state index contributed by atoms with van der Waals surface area (Å²) in [5.74, 6) is 1.07. The third kappa shape index (κ3) is 6.60. The van der Waals surface area contributed by atoms with Gasteiger partial charge in [-0.15, -0.1) is 24.0 Å². The molecule has 0 saturated carbocycles. The van der Waals surface area contributed by atoms with Gasteiger partial charge in [-0.05, 0) is 49.1 Å². The zero-order valence-corrected chi connectivity index (χ0v) is 21.0. The van der Waals surface area contributed by atoms with E-state index in [0.717, 1.165) is 37.3 Å². The quantitative estimate of drug-likeness (QED) is 0.222. The Bertz CT molecular complexity index is 893. The van der Waals surface area contributed by atoms with E-state index in [1.807, 2.05) is 18.2 Å². The van der Waals surface area contributed by atoms with Gasteiger partial charge in [-0.3, -0.25) is 4.99 Å². The first kappa shape index (κ1) is 26.0. The molecule has 176 valence electrons. The first-order chi connectivity index (χ1) is 15.0. The number of para-hydroxylation sites is 1. The van der Waals surface area contributed by atoms with Crippen LogP contribution in [-0.4, -0.2) is 52.9 Å². The maximum Gasteiger partial charge on any atom is 0.191 e. The summed E-state index contributed by atoms with van der Waals surface area (Å²) in [5, 5.41) is 6.66. The molecule has 0 aromatic heterocycles. The lowest BCUT2D eigenvalue weighted by Crippen LogP contribution is -2.45. The highest BCUT2D eigenvalue weighted by Gasteiger charge is 2.27. The van der Waals surface area contributed by atoms with Crippen LogP contribution < -0.4 is 25.0 Å². The normalized spacial score (nSPS) is 15.8. The SMILES string of the molecule is CN=C(NCCCc1ccc(OC)c(OC)c1)NC1CCN(c2c(F)cccc2F)C1.I. The molecule has 6 nitrogen and oxygen atoms in total. The zero-order valence-electron chi connectivity index (χ0n) is 18.7. The summed E-state index contributed by atoms with van der Waals surface area (Å²) in [7, 11) is 4.97. The van der Waals surface area contributed by atoms with Gasteiger partial charge in [-0.2, -0.15) is 0 Å². The summed E-state index contributed by atoms with van der Waals surface area (Å²) in [4.78, 5) is 6.01. The standard InChI is InChI=1S/C23H30F2N4O2.HI/c1-26-23(27-12-5-6-16-9-10-20(30-2)21(14-16)31-3)28-17-11-13-29(15-17)22-18(24)7-4-8-19(22)25;/h4,7-10,14,17H,5-6,11-13,15H2,1-3H3,(H2,26,27,28);1H. The van der Waals surface area contributed by atoms with E-state index in [1.54, 1.807) is 26.2 Å². The maximum absolute atomic E-state index is 14.0. The molecule has 0 spiro atoms. The average molecular weight is 560 g/mol. The van der Waals surface area contributed by atoms with Gasteiger partial charge in [0, 0.05) is 32.7 Å². The molecule has 1 aliphatic rings. The average Bonchev–Trinajstić information content (AvgIpc) is 3.23. The molecule has 1 fully saturated rings. The summed E-state index contributed by atoms with van der Waals surface area (Å²) in [6.07, 6.45) is 2.57. The zero-order chi connectivity index (χ0) is 22.2. The van der Waals surface area contributed by atoms with E-state index in [0.29, 0.717) is 19.0 Å². The van der Waals surface area contributed by atoms with Crippen LogP contribution in [0.1, 0.15) is 18.4 Å². The molecule has 1 unspecified atom stereocenters. The van der Waals surface area contributed by atoms with E-state index in [4.69, 9.17) is 9.47 Å². The lowest BCUT2D eigenvalue weighted by atomic mass is 10.1. The van der Waals surface area contributed by atoms with Crippen LogP contribution in [0.5, 0.6) is 11.5 Å². The Morgan fingerprint density at radius 2 is 1.84 bits per heavy atom. The number of benzene rings is 2. The molecule has 0 bridgehead atoms. The smallest absolute Gasteiger partial charge is 0.191 e.